The number of nitrogens with one attached hydrogen (secondary N) is 1. The molecule has 21 heavy (non-hydrogen) atoms. The third kappa shape index (κ3) is 5.77. The Bertz CT molecular complexity index is 475. The second-order valence-corrected chi connectivity index (χ2v) is 6.20. The summed E-state index contributed by atoms with van der Waals surface area (Å²) >= 11 is 3.49. The lowest BCUT2D eigenvalue weighted by Gasteiger charge is -2.08. The van der Waals surface area contributed by atoms with Crippen LogP contribution in [0.1, 0.15) is 35.2 Å². The van der Waals surface area contributed by atoms with E-state index in [2.05, 4.69) is 21.2 Å². The minimum Gasteiger partial charge on any atom is -0.465 e. The molecule has 1 aromatic rings. The van der Waals surface area contributed by atoms with Crippen LogP contribution in [0, 0.1) is 5.92 Å². The zero-order valence-corrected chi connectivity index (χ0v) is 13.9. The van der Waals surface area contributed by atoms with Gasteiger partial charge in [-0.25, -0.2) is 4.79 Å². The van der Waals surface area contributed by atoms with Crippen LogP contribution >= 0.6 is 15.9 Å². The first kappa shape index (κ1) is 16.5. The first-order valence-corrected chi connectivity index (χ1v) is 8.15. The van der Waals surface area contributed by atoms with Crippen molar-refractivity contribution in [1.29, 1.82) is 0 Å². The zero-order valence-electron chi connectivity index (χ0n) is 12.4. The fourth-order valence-corrected chi connectivity index (χ4v) is 2.51. The maximum Gasteiger partial charge on any atom is 0.337 e. The van der Waals surface area contributed by atoms with Gasteiger partial charge in [0.2, 0.25) is 0 Å². The highest BCUT2D eigenvalue weighted by Gasteiger charge is 2.20. The van der Waals surface area contributed by atoms with Crippen molar-refractivity contribution < 1.29 is 14.3 Å². The molecule has 0 atom stereocenters. The number of benzene rings is 1. The van der Waals surface area contributed by atoms with Crippen LogP contribution in [0.2, 0.25) is 0 Å². The molecule has 0 spiro atoms. The number of methoxy groups -OCH3 is 1. The van der Waals surface area contributed by atoms with Crippen molar-refractivity contribution >= 4 is 21.9 Å². The molecule has 0 aliphatic heterocycles. The van der Waals surface area contributed by atoms with Crippen LogP contribution in [-0.2, 0) is 16.0 Å². The van der Waals surface area contributed by atoms with Crippen LogP contribution in [0.5, 0.6) is 0 Å². The highest BCUT2D eigenvalue weighted by atomic mass is 79.9. The van der Waals surface area contributed by atoms with Gasteiger partial charge in [-0.05, 0) is 49.4 Å². The van der Waals surface area contributed by atoms with Gasteiger partial charge in [0.1, 0.15) is 0 Å². The molecule has 0 saturated heterocycles. The Morgan fingerprint density at radius 3 is 2.90 bits per heavy atom. The van der Waals surface area contributed by atoms with E-state index in [1.165, 1.54) is 20.0 Å². The van der Waals surface area contributed by atoms with Crippen molar-refractivity contribution in [3.05, 3.63) is 33.8 Å². The van der Waals surface area contributed by atoms with Crippen molar-refractivity contribution in [3.8, 4) is 0 Å². The number of hydrogen-bond acceptors (Lipinski definition) is 4. The quantitative estimate of drug-likeness (QED) is 0.546. The SMILES string of the molecule is COC(=O)c1ccc(CNCCCOCC2CC2)c(Br)c1. The molecule has 0 bridgehead atoms. The number of carbonyl (C=O) groups excluding carboxylic acids is 1. The minimum atomic E-state index is -0.317. The van der Waals surface area contributed by atoms with Crippen LogP contribution in [0.4, 0.5) is 0 Å². The van der Waals surface area contributed by atoms with Crippen LogP contribution in [-0.4, -0.2) is 32.8 Å². The van der Waals surface area contributed by atoms with Crippen molar-refractivity contribution in [3.63, 3.8) is 0 Å². The lowest BCUT2D eigenvalue weighted by Crippen LogP contribution is -2.17. The molecule has 1 saturated carbocycles. The van der Waals surface area contributed by atoms with E-state index in [4.69, 9.17) is 9.47 Å². The molecule has 0 aromatic heterocycles. The van der Waals surface area contributed by atoms with Crippen molar-refractivity contribution in [2.24, 2.45) is 5.92 Å². The molecule has 4 nitrogen and oxygen atoms in total. The van der Waals surface area contributed by atoms with Gasteiger partial charge in [-0.2, -0.15) is 0 Å². The highest BCUT2D eigenvalue weighted by Crippen LogP contribution is 2.28. The summed E-state index contributed by atoms with van der Waals surface area (Å²) in [6.45, 7) is 3.45. The second kappa shape index (κ2) is 8.51. The van der Waals surface area contributed by atoms with E-state index in [9.17, 15) is 4.79 Å². The summed E-state index contributed by atoms with van der Waals surface area (Å²) in [5.41, 5.74) is 1.68. The molecule has 0 radical (unpaired) electrons. The van der Waals surface area contributed by atoms with E-state index in [1.54, 1.807) is 12.1 Å². The lowest BCUT2D eigenvalue weighted by atomic mass is 10.1. The fraction of sp³-hybridized carbons (Fsp3) is 0.562. The molecule has 2 rings (SSSR count). The Morgan fingerprint density at radius 2 is 2.24 bits per heavy atom. The van der Waals surface area contributed by atoms with Gasteiger partial charge in [-0.15, -0.1) is 0 Å². The van der Waals surface area contributed by atoms with Gasteiger partial charge in [0, 0.05) is 24.2 Å². The smallest absolute Gasteiger partial charge is 0.337 e. The number of carbonyl (C=O) groups is 1. The van der Waals surface area contributed by atoms with Crippen molar-refractivity contribution in [1.82, 2.24) is 5.32 Å². The number of esters is 1. The van der Waals surface area contributed by atoms with E-state index in [0.717, 1.165) is 48.7 Å². The maximum atomic E-state index is 11.4. The number of hydrogen-bond donors (Lipinski definition) is 1. The monoisotopic (exact) mass is 355 g/mol. The number of ether oxygens (including phenoxy) is 2. The molecule has 116 valence electrons. The molecule has 1 aromatic carbocycles. The third-order valence-electron chi connectivity index (χ3n) is 3.48. The van der Waals surface area contributed by atoms with Crippen molar-refractivity contribution in [2.45, 2.75) is 25.8 Å². The normalized spacial score (nSPS) is 14.2. The lowest BCUT2D eigenvalue weighted by molar-refractivity contribution is 0.0600. The Balaban J connectivity index is 1.64. The summed E-state index contributed by atoms with van der Waals surface area (Å²) in [4.78, 5) is 11.4. The summed E-state index contributed by atoms with van der Waals surface area (Å²) in [5.74, 6) is 0.519. The molecular weight excluding hydrogens is 334 g/mol. The molecule has 0 unspecified atom stereocenters. The zero-order chi connectivity index (χ0) is 15.1. The molecule has 1 fully saturated rings. The highest BCUT2D eigenvalue weighted by molar-refractivity contribution is 9.10. The summed E-state index contributed by atoms with van der Waals surface area (Å²) in [5, 5.41) is 3.38. The van der Waals surface area contributed by atoms with Crippen LogP contribution in [0.15, 0.2) is 22.7 Å². The van der Waals surface area contributed by atoms with Gasteiger partial charge in [-0.3, -0.25) is 0 Å². The van der Waals surface area contributed by atoms with Gasteiger partial charge < -0.3 is 14.8 Å². The van der Waals surface area contributed by atoms with Crippen LogP contribution in [0.3, 0.4) is 0 Å². The predicted octanol–water partition coefficient (Wildman–Crippen LogP) is 3.14. The Hall–Kier alpha value is -0.910. The fourth-order valence-electron chi connectivity index (χ4n) is 1.99. The van der Waals surface area contributed by atoms with Gasteiger partial charge in [0.05, 0.1) is 12.7 Å². The van der Waals surface area contributed by atoms with Gasteiger partial charge in [0.15, 0.2) is 0 Å². The Kier molecular flexibility index (Phi) is 6.67. The van der Waals surface area contributed by atoms with E-state index < -0.39 is 0 Å². The average Bonchev–Trinajstić information content (AvgIpc) is 3.31. The van der Waals surface area contributed by atoms with Gasteiger partial charge in [0.25, 0.3) is 0 Å². The predicted molar refractivity (Wildman–Crippen MR) is 85.3 cm³/mol. The Morgan fingerprint density at radius 1 is 1.43 bits per heavy atom. The molecule has 5 heteroatoms. The molecular formula is C16H22BrNO3. The third-order valence-corrected chi connectivity index (χ3v) is 4.22. The first-order chi connectivity index (χ1) is 10.2. The maximum absolute atomic E-state index is 11.4. The van der Waals surface area contributed by atoms with Gasteiger partial charge in [-0.1, -0.05) is 22.0 Å². The summed E-state index contributed by atoms with van der Waals surface area (Å²) < 4.78 is 11.2. The van der Waals surface area contributed by atoms with E-state index >= 15 is 0 Å². The van der Waals surface area contributed by atoms with E-state index in [-0.39, 0.29) is 5.97 Å². The Labute approximate surface area is 134 Å². The largest absolute Gasteiger partial charge is 0.465 e. The van der Waals surface area contributed by atoms with E-state index in [0.29, 0.717) is 5.56 Å². The molecule has 1 aliphatic rings. The average molecular weight is 356 g/mol. The summed E-state index contributed by atoms with van der Waals surface area (Å²) in [6, 6.07) is 5.51. The second-order valence-electron chi connectivity index (χ2n) is 5.35. The number of rotatable bonds is 9. The topological polar surface area (TPSA) is 47.6 Å². The standard InChI is InChI=1S/C16H22BrNO3/c1-20-16(19)13-5-6-14(15(17)9-13)10-18-7-2-8-21-11-12-3-4-12/h5-6,9,12,18H,2-4,7-8,10-11H2,1H3. The van der Waals surface area contributed by atoms with Gasteiger partial charge >= 0.3 is 5.97 Å². The minimum absolute atomic E-state index is 0.317. The molecule has 1 aliphatic carbocycles. The first-order valence-electron chi connectivity index (χ1n) is 7.36. The number of halogens is 1. The molecule has 0 heterocycles. The van der Waals surface area contributed by atoms with Crippen molar-refractivity contribution in [2.75, 3.05) is 26.9 Å². The van der Waals surface area contributed by atoms with E-state index in [1.807, 2.05) is 6.07 Å². The summed E-state index contributed by atoms with van der Waals surface area (Å²) in [6.07, 6.45) is 3.70. The molecule has 0 amide bonds. The van der Waals surface area contributed by atoms with Crippen LogP contribution < -0.4 is 5.32 Å². The molecule has 1 N–H and O–H groups in total. The summed E-state index contributed by atoms with van der Waals surface area (Å²) in [7, 11) is 1.39. The van der Waals surface area contributed by atoms with Crippen LogP contribution in [0.25, 0.3) is 0 Å².